The van der Waals surface area contributed by atoms with Gasteiger partial charge in [-0.25, -0.2) is 4.39 Å². The molecule has 0 aliphatic heterocycles. The van der Waals surface area contributed by atoms with Crippen LogP contribution >= 0.6 is 11.6 Å². The Morgan fingerprint density at radius 2 is 1.84 bits per heavy atom. The molecule has 0 aromatic heterocycles. The Morgan fingerprint density at radius 1 is 1.16 bits per heavy atom. The third kappa shape index (κ3) is 5.57. The van der Waals surface area contributed by atoms with Gasteiger partial charge < -0.3 is 10.2 Å². The molecule has 0 fully saturated rings. The first kappa shape index (κ1) is 18.9. The van der Waals surface area contributed by atoms with E-state index < -0.39 is 0 Å². The van der Waals surface area contributed by atoms with Gasteiger partial charge in [-0.3, -0.25) is 9.59 Å². The minimum absolute atomic E-state index is 0.0531. The highest BCUT2D eigenvalue weighted by molar-refractivity contribution is 6.31. The zero-order chi connectivity index (χ0) is 18.4. The van der Waals surface area contributed by atoms with Crippen LogP contribution in [0.25, 0.3) is 0 Å². The SMILES string of the molecule is CC(=O)N(CCc1ccc(F)cc1)CC(=O)Nc1cccc(Cl)c1C. The van der Waals surface area contributed by atoms with E-state index in [1.165, 1.54) is 24.0 Å². The Balaban J connectivity index is 1.96. The predicted molar refractivity (Wildman–Crippen MR) is 97.2 cm³/mol. The van der Waals surface area contributed by atoms with Gasteiger partial charge in [0.25, 0.3) is 0 Å². The topological polar surface area (TPSA) is 49.4 Å². The molecule has 1 N–H and O–H groups in total. The number of nitrogens with one attached hydrogen (secondary N) is 1. The predicted octanol–water partition coefficient (Wildman–Crippen LogP) is 3.82. The maximum absolute atomic E-state index is 12.9. The third-order valence-corrected chi connectivity index (χ3v) is 4.31. The van der Waals surface area contributed by atoms with Crippen molar-refractivity contribution in [3.05, 3.63) is 64.4 Å². The average molecular weight is 363 g/mol. The number of amides is 2. The molecule has 0 atom stereocenters. The average Bonchev–Trinajstić information content (AvgIpc) is 2.57. The van der Waals surface area contributed by atoms with Gasteiger partial charge in [-0.15, -0.1) is 0 Å². The first-order chi connectivity index (χ1) is 11.9. The lowest BCUT2D eigenvalue weighted by atomic mass is 10.1. The van der Waals surface area contributed by atoms with Gasteiger partial charge in [-0.1, -0.05) is 29.8 Å². The number of rotatable bonds is 6. The molecule has 2 amide bonds. The van der Waals surface area contributed by atoms with Crippen LogP contribution in [0.5, 0.6) is 0 Å². The monoisotopic (exact) mass is 362 g/mol. The van der Waals surface area contributed by atoms with Crippen molar-refractivity contribution >= 4 is 29.1 Å². The van der Waals surface area contributed by atoms with Crippen molar-refractivity contribution in [2.45, 2.75) is 20.3 Å². The number of carbonyl (C=O) groups is 2. The number of halogens is 2. The second-order valence-electron chi connectivity index (χ2n) is 5.78. The summed E-state index contributed by atoms with van der Waals surface area (Å²) >= 11 is 6.04. The molecule has 4 nitrogen and oxygen atoms in total. The van der Waals surface area contributed by atoms with E-state index in [2.05, 4.69) is 5.32 Å². The third-order valence-electron chi connectivity index (χ3n) is 3.91. The van der Waals surface area contributed by atoms with Crippen LogP contribution in [0.15, 0.2) is 42.5 Å². The molecule has 0 aliphatic carbocycles. The molecule has 2 aromatic carbocycles. The van der Waals surface area contributed by atoms with Gasteiger partial charge in [0.15, 0.2) is 0 Å². The van der Waals surface area contributed by atoms with Crippen molar-refractivity contribution in [2.75, 3.05) is 18.4 Å². The van der Waals surface area contributed by atoms with Crippen LogP contribution in [-0.2, 0) is 16.0 Å². The van der Waals surface area contributed by atoms with Gasteiger partial charge in [-0.2, -0.15) is 0 Å². The molecule has 0 bridgehead atoms. The summed E-state index contributed by atoms with van der Waals surface area (Å²) in [5, 5.41) is 3.34. The Hall–Kier alpha value is -2.40. The number of hydrogen-bond donors (Lipinski definition) is 1. The molecule has 0 spiro atoms. The molecule has 6 heteroatoms. The van der Waals surface area contributed by atoms with Crippen molar-refractivity contribution in [3.63, 3.8) is 0 Å². The molecule has 132 valence electrons. The van der Waals surface area contributed by atoms with E-state index in [1.54, 1.807) is 30.3 Å². The molecule has 0 heterocycles. The van der Waals surface area contributed by atoms with Crippen LogP contribution in [0.3, 0.4) is 0 Å². The fraction of sp³-hybridized carbons (Fsp3) is 0.263. The van der Waals surface area contributed by atoms with Crippen molar-refractivity contribution in [3.8, 4) is 0 Å². The summed E-state index contributed by atoms with van der Waals surface area (Å²) in [5.41, 5.74) is 2.30. The van der Waals surface area contributed by atoms with Crippen LogP contribution in [0.1, 0.15) is 18.1 Å². The Labute approximate surface area is 151 Å². The normalized spacial score (nSPS) is 10.4. The van der Waals surface area contributed by atoms with Gasteiger partial charge in [0.2, 0.25) is 11.8 Å². The van der Waals surface area contributed by atoms with Crippen LogP contribution in [0.4, 0.5) is 10.1 Å². The second-order valence-corrected chi connectivity index (χ2v) is 6.18. The van der Waals surface area contributed by atoms with Crippen LogP contribution in [0, 0.1) is 12.7 Å². The minimum atomic E-state index is -0.302. The number of nitrogens with zero attached hydrogens (tertiary/aromatic N) is 1. The van der Waals surface area contributed by atoms with Crippen molar-refractivity contribution < 1.29 is 14.0 Å². The largest absolute Gasteiger partial charge is 0.333 e. The molecule has 0 aliphatic rings. The van der Waals surface area contributed by atoms with Gasteiger partial charge in [-0.05, 0) is 48.7 Å². The van der Waals surface area contributed by atoms with Crippen LogP contribution in [-0.4, -0.2) is 29.8 Å². The molecular weight excluding hydrogens is 343 g/mol. The van der Waals surface area contributed by atoms with E-state index in [4.69, 9.17) is 11.6 Å². The Morgan fingerprint density at radius 3 is 2.48 bits per heavy atom. The summed E-state index contributed by atoms with van der Waals surface area (Å²) in [6, 6.07) is 11.4. The number of hydrogen-bond acceptors (Lipinski definition) is 2. The van der Waals surface area contributed by atoms with Crippen molar-refractivity contribution in [1.29, 1.82) is 0 Å². The second kappa shape index (κ2) is 8.62. The van der Waals surface area contributed by atoms with Gasteiger partial charge >= 0.3 is 0 Å². The van der Waals surface area contributed by atoms with E-state index in [-0.39, 0.29) is 24.2 Å². The standard InChI is InChI=1S/C19H20ClFN2O2/c1-13-17(20)4-3-5-18(13)22-19(25)12-23(14(2)24)11-10-15-6-8-16(21)9-7-15/h3-9H,10-12H2,1-2H3,(H,22,25). The number of anilines is 1. The van der Waals surface area contributed by atoms with E-state index in [0.29, 0.717) is 23.7 Å². The molecule has 2 aromatic rings. The fourth-order valence-electron chi connectivity index (χ4n) is 2.37. The number of carbonyl (C=O) groups excluding carboxylic acids is 2. The molecule has 0 saturated heterocycles. The van der Waals surface area contributed by atoms with E-state index in [0.717, 1.165) is 11.1 Å². The lowest BCUT2D eigenvalue weighted by Gasteiger charge is -2.21. The van der Waals surface area contributed by atoms with Crippen LogP contribution in [0.2, 0.25) is 5.02 Å². The zero-order valence-corrected chi connectivity index (χ0v) is 14.9. The Kier molecular flexibility index (Phi) is 6.53. The molecule has 0 radical (unpaired) electrons. The Bertz CT molecular complexity index is 763. The minimum Gasteiger partial charge on any atom is -0.333 e. The highest BCUT2D eigenvalue weighted by Crippen LogP contribution is 2.22. The van der Waals surface area contributed by atoms with Gasteiger partial charge in [0.05, 0.1) is 6.54 Å². The summed E-state index contributed by atoms with van der Waals surface area (Å²) in [6.45, 7) is 3.56. The smallest absolute Gasteiger partial charge is 0.244 e. The summed E-state index contributed by atoms with van der Waals surface area (Å²) < 4.78 is 12.9. The van der Waals surface area contributed by atoms with E-state index >= 15 is 0 Å². The molecule has 2 rings (SSSR count). The maximum Gasteiger partial charge on any atom is 0.244 e. The summed E-state index contributed by atoms with van der Waals surface area (Å²) in [4.78, 5) is 25.5. The first-order valence-corrected chi connectivity index (χ1v) is 8.29. The molecule has 25 heavy (non-hydrogen) atoms. The molecule has 0 saturated carbocycles. The first-order valence-electron chi connectivity index (χ1n) is 7.91. The van der Waals surface area contributed by atoms with E-state index in [1.807, 2.05) is 6.92 Å². The fourth-order valence-corrected chi connectivity index (χ4v) is 2.54. The van der Waals surface area contributed by atoms with Gasteiger partial charge in [0.1, 0.15) is 5.82 Å². The highest BCUT2D eigenvalue weighted by Gasteiger charge is 2.15. The quantitative estimate of drug-likeness (QED) is 0.849. The van der Waals surface area contributed by atoms with Gasteiger partial charge in [0, 0.05) is 24.2 Å². The van der Waals surface area contributed by atoms with Crippen molar-refractivity contribution in [1.82, 2.24) is 4.90 Å². The summed E-state index contributed by atoms with van der Waals surface area (Å²) in [6.07, 6.45) is 0.545. The zero-order valence-electron chi connectivity index (χ0n) is 14.2. The van der Waals surface area contributed by atoms with Crippen LogP contribution < -0.4 is 5.32 Å². The molecular formula is C19H20ClFN2O2. The summed E-state index contributed by atoms with van der Waals surface area (Å²) in [5.74, 6) is -0.789. The highest BCUT2D eigenvalue weighted by atomic mass is 35.5. The van der Waals surface area contributed by atoms with E-state index in [9.17, 15) is 14.0 Å². The number of benzene rings is 2. The lowest BCUT2D eigenvalue weighted by Crippen LogP contribution is -2.38. The van der Waals surface area contributed by atoms with Crippen molar-refractivity contribution in [2.24, 2.45) is 0 Å². The summed E-state index contributed by atoms with van der Waals surface area (Å²) in [7, 11) is 0. The molecule has 0 unspecified atom stereocenters. The maximum atomic E-state index is 12.9. The lowest BCUT2D eigenvalue weighted by molar-refractivity contribution is -0.132.